The van der Waals surface area contributed by atoms with Crippen LogP contribution in [0.15, 0.2) is 24.4 Å². The van der Waals surface area contributed by atoms with Crippen LogP contribution in [0.4, 0.5) is 0 Å². The maximum absolute atomic E-state index is 4.26. The molecule has 78 valence electrons. The van der Waals surface area contributed by atoms with E-state index in [9.17, 15) is 0 Å². The Morgan fingerprint density at radius 2 is 2.40 bits per heavy atom. The fraction of sp³-hybridized carbons (Fsp3) is 0.455. The minimum atomic E-state index is 0.748. The van der Waals surface area contributed by atoms with Crippen molar-refractivity contribution >= 4 is 17.4 Å². The van der Waals surface area contributed by atoms with Crippen LogP contribution in [0, 0.1) is 0 Å². The number of rotatable bonds is 2. The lowest BCUT2D eigenvalue weighted by molar-refractivity contribution is 0.738. The fourth-order valence-electron chi connectivity index (χ4n) is 2.04. The summed E-state index contributed by atoms with van der Waals surface area (Å²) in [6, 6.07) is 6.03. The molecule has 1 atom stereocenters. The summed E-state index contributed by atoms with van der Waals surface area (Å²) in [5, 5.41) is 9.17. The third kappa shape index (κ3) is 1.74. The highest BCUT2D eigenvalue weighted by Crippen LogP contribution is 2.28. The lowest BCUT2D eigenvalue weighted by atomic mass is 10.2. The molecule has 3 nitrogen and oxygen atoms in total. The first kappa shape index (κ1) is 9.21. The molecule has 0 saturated carbocycles. The SMILES string of the molecule is c1ccn2c(CC3CCCS3)nnc2c1. The van der Waals surface area contributed by atoms with Crippen LogP contribution >= 0.6 is 11.8 Å². The van der Waals surface area contributed by atoms with Gasteiger partial charge in [-0.15, -0.1) is 10.2 Å². The minimum Gasteiger partial charge on any atom is -0.286 e. The van der Waals surface area contributed by atoms with Gasteiger partial charge in [0.25, 0.3) is 0 Å². The Morgan fingerprint density at radius 1 is 1.40 bits per heavy atom. The van der Waals surface area contributed by atoms with E-state index in [2.05, 4.69) is 26.4 Å². The van der Waals surface area contributed by atoms with Gasteiger partial charge in [-0.1, -0.05) is 6.07 Å². The van der Waals surface area contributed by atoms with Crippen molar-refractivity contribution in [2.45, 2.75) is 24.5 Å². The summed E-state index contributed by atoms with van der Waals surface area (Å²) < 4.78 is 2.10. The normalized spacial score (nSPS) is 21.2. The van der Waals surface area contributed by atoms with Crippen LogP contribution in [0.2, 0.25) is 0 Å². The van der Waals surface area contributed by atoms with E-state index in [0.29, 0.717) is 0 Å². The Balaban J connectivity index is 1.90. The van der Waals surface area contributed by atoms with Gasteiger partial charge < -0.3 is 0 Å². The van der Waals surface area contributed by atoms with Gasteiger partial charge in [0.2, 0.25) is 0 Å². The zero-order valence-corrected chi connectivity index (χ0v) is 9.28. The molecule has 0 spiro atoms. The molecule has 4 heteroatoms. The maximum Gasteiger partial charge on any atom is 0.160 e. The summed E-state index contributed by atoms with van der Waals surface area (Å²) in [6.07, 6.45) is 5.78. The highest BCUT2D eigenvalue weighted by Gasteiger charge is 2.18. The van der Waals surface area contributed by atoms with Crippen LogP contribution in [-0.2, 0) is 6.42 Å². The molecule has 1 unspecified atom stereocenters. The van der Waals surface area contributed by atoms with Gasteiger partial charge in [0.15, 0.2) is 5.65 Å². The summed E-state index contributed by atoms with van der Waals surface area (Å²) in [7, 11) is 0. The van der Waals surface area contributed by atoms with E-state index in [1.807, 2.05) is 24.4 Å². The monoisotopic (exact) mass is 219 g/mol. The first-order valence-electron chi connectivity index (χ1n) is 5.34. The average molecular weight is 219 g/mol. The molecule has 3 heterocycles. The molecule has 0 bridgehead atoms. The molecule has 15 heavy (non-hydrogen) atoms. The van der Waals surface area contributed by atoms with Crippen molar-refractivity contribution in [2.24, 2.45) is 0 Å². The van der Waals surface area contributed by atoms with Crippen LogP contribution in [0.1, 0.15) is 18.7 Å². The quantitative estimate of drug-likeness (QED) is 0.775. The second-order valence-electron chi connectivity index (χ2n) is 3.88. The number of aromatic nitrogens is 3. The molecule has 1 aliphatic rings. The molecule has 0 N–H and O–H groups in total. The van der Waals surface area contributed by atoms with E-state index in [4.69, 9.17) is 0 Å². The molecule has 0 aliphatic carbocycles. The van der Waals surface area contributed by atoms with Gasteiger partial charge in [0.05, 0.1) is 0 Å². The molecular formula is C11H13N3S. The standard InChI is InChI=1S/C11H13N3S/c1-2-6-14-10(5-1)12-13-11(14)8-9-4-3-7-15-9/h1-2,5-6,9H,3-4,7-8H2. The van der Waals surface area contributed by atoms with Gasteiger partial charge in [-0.2, -0.15) is 11.8 Å². The van der Waals surface area contributed by atoms with E-state index in [1.165, 1.54) is 18.6 Å². The second-order valence-corrected chi connectivity index (χ2v) is 5.29. The van der Waals surface area contributed by atoms with Gasteiger partial charge in [-0.05, 0) is 30.7 Å². The van der Waals surface area contributed by atoms with E-state index in [1.54, 1.807) is 0 Å². The molecular weight excluding hydrogens is 206 g/mol. The highest BCUT2D eigenvalue weighted by molar-refractivity contribution is 8.00. The van der Waals surface area contributed by atoms with E-state index in [0.717, 1.165) is 23.1 Å². The van der Waals surface area contributed by atoms with E-state index >= 15 is 0 Å². The molecule has 1 aliphatic heterocycles. The predicted molar refractivity (Wildman–Crippen MR) is 62.2 cm³/mol. The van der Waals surface area contributed by atoms with Crippen molar-refractivity contribution in [2.75, 3.05) is 5.75 Å². The van der Waals surface area contributed by atoms with Crippen molar-refractivity contribution in [3.05, 3.63) is 30.2 Å². The smallest absolute Gasteiger partial charge is 0.160 e. The minimum absolute atomic E-state index is 0.748. The number of fused-ring (bicyclic) bond motifs is 1. The Morgan fingerprint density at radius 3 is 3.27 bits per heavy atom. The van der Waals surface area contributed by atoms with Gasteiger partial charge in [-0.25, -0.2) is 0 Å². The summed E-state index contributed by atoms with van der Waals surface area (Å²) >= 11 is 2.07. The number of nitrogens with zero attached hydrogens (tertiary/aromatic N) is 3. The van der Waals surface area contributed by atoms with E-state index in [-0.39, 0.29) is 0 Å². The van der Waals surface area contributed by atoms with Crippen molar-refractivity contribution in [1.82, 2.24) is 14.6 Å². The summed E-state index contributed by atoms with van der Waals surface area (Å²) in [4.78, 5) is 0. The van der Waals surface area contributed by atoms with Crippen LogP contribution in [0.25, 0.3) is 5.65 Å². The summed E-state index contributed by atoms with van der Waals surface area (Å²) in [6.45, 7) is 0. The number of thioether (sulfide) groups is 1. The predicted octanol–water partition coefficient (Wildman–Crippen LogP) is 2.17. The van der Waals surface area contributed by atoms with Crippen molar-refractivity contribution in [3.8, 4) is 0 Å². The maximum atomic E-state index is 4.26. The molecule has 0 aromatic carbocycles. The fourth-order valence-corrected chi connectivity index (χ4v) is 3.31. The lowest BCUT2D eigenvalue weighted by Gasteiger charge is -2.05. The third-order valence-electron chi connectivity index (χ3n) is 2.82. The van der Waals surface area contributed by atoms with Crippen LogP contribution < -0.4 is 0 Å². The largest absolute Gasteiger partial charge is 0.286 e. The van der Waals surface area contributed by atoms with Crippen LogP contribution in [0.5, 0.6) is 0 Å². The molecule has 2 aromatic rings. The van der Waals surface area contributed by atoms with Crippen molar-refractivity contribution < 1.29 is 0 Å². The van der Waals surface area contributed by atoms with Gasteiger partial charge in [0.1, 0.15) is 5.82 Å². The molecule has 2 aromatic heterocycles. The summed E-state index contributed by atoms with van der Waals surface area (Å²) in [5.74, 6) is 2.41. The second kappa shape index (κ2) is 3.85. The molecule has 1 saturated heterocycles. The Hall–Kier alpha value is -1.03. The lowest BCUT2D eigenvalue weighted by Crippen LogP contribution is -2.05. The van der Waals surface area contributed by atoms with Crippen LogP contribution in [-0.4, -0.2) is 25.6 Å². The molecule has 3 rings (SSSR count). The van der Waals surface area contributed by atoms with Gasteiger partial charge in [0, 0.05) is 17.9 Å². The zero-order valence-electron chi connectivity index (χ0n) is 8.47. The molecule has 1 fully saturated rings. The summed E-state index contributed by atoms with van der Waals surface area (Å²) in [5.41, 5.74) is 0.954. The third-order valence-corrected chi connectivity index (χ3v) is 4.22. The Kier molecular flexibility index (Phi) is 2.37. The van der Waals surface area contributed by atoms with Crippen molar-refractivity contribution in [1.29, 1.82) is 0 Å². The average Bonchev–Trinajstić information content (AvgIpc) is 2.89. The van der Waals surface area contributed by atoms with E-state index < -0.39 is 0 Å². The zero-order chi connectivity index (χ0) is 10.1. The first-order valence-corrected chi connectivity index (χ1v) is 6.38. The number of hydrogen-bond acceptors (Lipinski definition) is 3. The first-order chi connectivity index (χ1) is 7.43. The Bertz CT molecular complexity index is 460. The number of hydrogen-bond donors (Lipinski definition) is 0. The van der Waals surface area contributed by atoms with Crippen molar-refractivity contribution in [3.63, 3.8) is 0 Å². The van der Waals surface area contributed by atoms with Gasteiger partial charge in [-0.3, -0.25) is 4.40 Å². The molecule has 0 radical (unpaired) electrons. The van der Waals surface area contributed by atoms with Crippen LogP contribution in [0.3, 0.4) is 0 Å². The highest BCUT2D eigenvalue weighted by atomic mass is 32.2. The Labute approximate surface area is 92.9 Å². The molecule has 0 amide bonds. The number of pyridine rings is 1. The topological polar surface area (TPSA) is 30.2 Å². The van der Waals surface area contributed by atoms with Gasteiger partial charge >= 0.3 is 0 Å².